The van der Waals surface area contributed by atoms with Crippen LogP contribution in [-0.4, -0.2) is 36.9 Å². The van der Waals surface area contributed by atoms with Gasteiger partial charge in [0.15, 0.2) is 0 Å². The minimum absolute atomic E-state index is 0.272. The Balaban J connectivity index is 2.49. The monoisotopic (exact) mass is 310 g/mol. The number of alkyl carbamates (subject to hydrolysis) is 1. The lowest BCUT2D eigenvalue weighted by molar-refractivity contribution is -0.174. The molecule has 0 aliphatic heterocycles. The molecule has 2 N–H and O–H groups in total. The highest BCUT2D eigenvalue weighted by molar-refractivity contribution is 5.82. The number of carbonyl (C=O) groups is 2. The molecule has 0 aromatic rings. The van der Waals surface area contributed by atoms with E-state index in [0.717, 1.165) is 19.3 Å². The van der Waals surface area contributed by atoms with E-state index in [1.54, 1.807) is 0 Å². The van der Waals surface area contributed by atoms with Crippen molar-refractivity contribution in [2.75, 3.05) is 6.61 Å². The number of carbonyl (C=O) groups excluding carboxylic acids is 2. The summed E-state index contributed by atoms with van der Waals surface area (Å²) < 4.78 is 41.7. The Morgan fingerprint density at radius 1 is 1.14 bits per heavy atom. The standard InChI is InChI=1S/C13H21F3N2O3/c1-2-3-8-21-12(20)18-10-7-5-4-6-9(10)17-11(19)13(14,15)16/h9-10H,2-8H2,1H3,(H,17,19)(H,18,20). The summed E-state index contributed by atoms with van der Waals surface area (Å²) >= 11 is 0. The first-order valence-corrected chi connectivity index (χ1v) is 7.15. The van der Waals surface area contributed by atoms with E-state index in [-0.39, 0.29) is 6.61 Å². The minimum Gasteiger partial charge on any atom is -0.450 e. The maximum absolute atomic E-state index is 12.3. The van der Waals surface area contributed by atoms with Crippen LogP contribution in [0.4, 0.5) is 18.0 Å². The molecule has 0 radical (unpaired) electrons. The molecule has 2 unspecified atom stereocenters. The van der Waals surface area contributed by atoms with Gasteiger partial charge in [0, 0.05) is 6.04 Å². The number of ether oxygens (including phenoxy) is 1. The van der Waals surface area contributed by atoms with Gasteiger partial charge in [0.2, 0.25) is 0 Å². The fraction of sp³-hybridized carbons (Fsp3) is 0.846. The largest absolute Gasteiger partial charge is 0.471 e. The second kappa shape index (κ2) is 8.09. The van der Waals surface area contributed by atoms with Crippen LogP contribution < -0.4 is 10.6 Å². The third-order valence-electron chi connectivity index (χ3n) is 3.37. The van der Waals surface area contributed by atoms with Crippen LogP contribution >= 0.6 is 0 Å². The minimum atomic E-state index is -4.91. The smallest absolute Gasteiger partial charge is 0.450 e. The molecule has 2 atom stereocenters. The molecule has 2 amide bonds. The predicted molar refractivity (Wildman–Crippen MR) is 69.6 cm³/mol. The fourth-order valence-electron chi connectivity index (χ4n) is 2.23. The molecule has 0 saturated heterocycles. The van der Waals surface area contributed by atoms with Gasteiger partial charge in [-0.1, -0.05) is 26.2 Å². The third kappa shape index (κ3) is 6.22. The second-order valence-electron chi connectivity index (χ2n) is 5.10. The summed E-state index contributed by atoms with van der Waals surface area (Å²) in [6, 6.07) is -1.24. The van der Waals surface area contributed by atoms with E-state index < -0.39 is 30.3 Å². The van der Waals surface area contributed by atoms with Gasteiger partial charge in [-0.2, -0.15) is 13.2 Å². The van der Waals surface area contributed by atoms with Gasteiger partial charge in [0.25, 0.3) is 0 Å². The van der Waals surface area contributed by atoms with Crippen LogP contribution in [-0.2, 0) is 9.53 Å². The van der Waals surface area contributed by atoms with Crippen LogP contribution in [0.5, 0.6) is 0 Å². The summed E-state index contributed by atoms with van der Waals surface area (Å²) in [4.78, 5) is 22.5. The van der Waals surface area contributed by atoms with E-state index >= 15 is 0 Å². The fourth-order valence-corrected chi connectivity index (χ4v) is 2.23. The van der Waals surface area contributed by atoms with Gasteiger partial charge in [-0.3, -0.25) is 4.79 Å². The van der Waals surface area contributed by atoms with Crippen molar-refractivity contribution in [3.8, 4) is 0 Å². The van der Waals surface area contributed by atoms with E-state index in [9.17, 15) is 22.8 Å². The van der Waals surface area contributed by atoms with Crippen molar-refractivity contribution >= 4 is 12.0 Å². The maximum atomic E-state index is 12.3. The third-order valence-corrected chi connectivity index (χ3v) is 3.37. The number of alkyl halides is 3. The molecule has 8 heteroatoms. The number of hydrogen-bond acceptors (Lipinski definition) is 3. The van der Waals surface area contributed by atoms with Gasteiger partial charge in [-0.05, 0) is 19.3 Å². The average Bonchev–Trinajstić information content (AvgIpc) is 2.40. The molecule has 0 bridgehead atoms. The summed E-state index contributed by atoms with van der Waals surface area (Å²) in [6.07, 6.45) is -1.53. The molecule has 1 rings (SSSR count). The van der Waals surface area contributed by atoms with Gasteiger partial charge in [0.1, 0.15) is 0 Å². The zero-order valence-electron chi connectivity index (χ0n) is 12.0. The molecule has 1 aliphatic carbocycles. The van der Waals surface area contributed by atoms with E-state index in [2.05, 4.69) is 5.32 Å². The molecule has 0 spiro atoms. The van der Waals surface area contributed by atoms with Crippen LogP contribution in [0.3, 0.4) is 0 Å². The lowest BCUT2D eigenvalue weighted by Gasteiger charge is -2.32. The molecule has 0 aromatic carbocycles. The number of hydrogen-bond donors (Lipinski definition) is 2. The Morgan fingerprint density at radius 2 is 1.71 bits per heavy atom. The highest BCUT2D eigenvalue weighted by Gasteiger charge is 2.41. The maximum Gasteiger partial charge on any atom is 0.471 e. The highest BCUT2D eigenvalue weighted by Crippen LogP contribution is 2.21. The van der Waals surface area contributed by atoms with Gasteiger partial charge in [-0.25, -0.2) is 4.79 Å². The zero-order chi connectivity index (χ0) is 15.9. The van der Waals surface area contributed by atoms with Crippen molar-refractivity contribution in [3.05, 3.63) is 0 Å². The number of unbranched alkanes of at least 4 members (excludes halogenated alkanes) is 1. The molecule has 122 valence electrons. The predicted octanol–water partition coefficient (Wildman–Crippen LogP) is 2.50. The molecule has 0 heterocycles. The van der Waals surface area contributed by atoms with Crippen LogP contribution in [0.15, 0.2) is 0 Å². The number of halogens is 3. The average molecular weight is 310 g/mol. The normalized spacial score (nSPS) is 22.5. The molecule has 1 saturated carbocycles. The lowest BCUT2D eigenvalue weighted by atomic mass is 9.90. The molecule has 21 heavy (non-hydrogen) atoms. The van der Waals surface area contributed by atoms with Gasteiger partial charge in [-0.15, -0.1) is 0 Å². The molecule has 0 aromatic heterocycles. The summed E-state index contributed by atoms with van der Waals surface area (Å²) in [5.74, 6) is -1.97. The van der Waals surface area contributed by atoms with Crippen LogP contribution in [0, 0.1) is 0 Å². The van der Waals surface area contributed by atoms with Crippen LogP contribution in [0.1, 0.15) is 45.4 Å². The molecule has 1 fully saturated rings. The number of amides is 2. The van der Waals surface area contributed by atoms with Gasteiger partial charge in [0.05, 0.1) is 12.6 Å². The Morgan fingerprint density at radius 3 is 2.24 bits per heavy atom. The molecular weight excluding hydrogens is 289 g/mol. The molecule has 5 nitrogen and oxygen atoms in total. The topological polar surface area (TPSA) is 67.4 Å². The highest BCUT2D eigenvalue weighted by atomic mass is 19.4. The van der Waals surface area contributed by atoms with Crippen molar-refractivity contribution in [2.45, 2.75) is 63.7 Å². The van der Waals surface area contributed by atoms with Crippen LogP contribution in [0.25, 0.3) is 0 Å². The first kappa shape index (κ1) is 17.6. The van der Waals surface area contributed by atoms with Crippen molar-refractivity contribution in [3.63, 3.8) is 0 Å². The van der Waals surface area contributed by atoms with Gasteiger partial charge >= 0.3 is 18.2 Å². The number of rotatable bonds is 5. The summed E-state index contributed by atoms with van der Waals surface area (Å²) in [5.41, 5.74) is 0. The van der Waals surface area contributed by atoms with Crippen molar-refractivity contribution in [1.29, 1.82) is 0 Å². The van der Waals surface area contributed by atoms with E-state index in [4.69, 9.17) is 4.74 Å². The summed E-state index contributed by atoms with van der Waals surface area (Å²) in [6.45, 7) is 2.22. The van der Waals surface area contributed by atoms with E-state index in [0.29, 0.717) is 19.3 Å². The van der Waals surface area contributed by atoms with Gasteiger partial charge < -0.3 is 15.4 Å². The Hall–Kier alpha value is -1.47. The Kier molecular flexibility index (Phi) is 6.77. The quantitative estimate of drug-likeness (QED) is 0.767. The SMILES string of the molecule is CCCCOC(=O)NC1CCCCC1NC(=O)C(F)(F)F. The first-order valence-electron chi connectivity index (χ1n) is 7.15. The first-order chi connectivity index (χ1) is 9.84. The van der Waals surface area contributed by atoms with Crippen molar-refractivity contribution in [2.24, 2.45) is 0 Å². The van der Waals surface area contributed by atoms with E-state index in [1.807, 2.05) is 12.2 Å². The zero-order valence-corrected chi connectivity index (χ0v) is 12.0. The van der Waals surface area contributed by atoms with Crippen molar-refractivity contribution in [1.82, 2.24) is 10.6 Å². The molecular formula is C13H21F3N2O3. The second-order valence-corrected chi connectivity index (χ2v) is 5.10. The summed E-state index contributed by atoms with van der Waals surface area (Å²) in [5, 5.41) is 4.49. The Labute approximate surface area is 121 Å². The lowest BCUT2D eigenvalue weighted by Crippen LogP contribution is -2.55. The Bertz CT molecular complexity index is 361. The van der Waals surface area contributed by atoms with E-state index in [1.165, 1.54) is 0 Å². The van der Waals surface area contributed by atoms with Crippen LogP contribution in [0.2, 0.25) is 0 Å². The molecule has 1 aliphatic rings. The number of nitrogens with one attached hydrogen (secondary N) is 2. The van der Waals surface area contributed by atoms with Crippen molar-refractivity contribution < 1.29 is 27.5 Å². The summed E-state index contributed by atoms with van der Waals surface area (Å²) in [7, 11) is 0.